The van der Waals surface area contributed by atoms with Crippen LogP contribution in [0.2, 0.25) is 0 Å². The number of amides is 2. The highest BCUT2D eigenvalue weighted by atomic mass is 31.1. The van der Waals surface area contributed by atoms with Crippen LogP contribution < -0.4 is 40.7 Å². The van der Waals surface area contributed by atoms with E-state index < -0.39 is 91.1 Å². The number of H-pyrrole nitrogens is 2. The molecule has 25 nitrogen and oxygen atoms in total. The van der Waals surface area contributed by atoms with Crippen LogP contribution in [-0.4, -0.2) is 117 Å². The fourth-order valence-corrected chi connectivity index (χ4v) is 12.9. The van der Waals surface area contributed by atoms with E-state index in [0.717, 1.165) is 33.4 Å². The summed E-state index contributed by atoms with van der Waals surface area (Å²) in [4.78, 5) is 76.9. The van der Waals surface area contributed by atoms with Crippen molar-refractivity contribution in [2.24, 2.45) is 11.8 Å². The highest BCUT2D eigenvalue weighted by molar-refractivity contribution is 7.33. The minimum atomic E-state index is -3.19. The zero-order chi connectivity index (χ0) is 67.3. The molecule has 0 saturated carbocycles. The van der Waals surface area contributed by atoms with E-state index in [9.17, 15) is 19.2 Å². The lowest BCUT2D eigenvalue weighted by Crippen LogP contribution is -2.35. The number of rotatable bonds is 26. The van der Waals surface area contributed by atoms with Crippen molar-refractivity contribution in [1.29, 1.82) is 0 Å². The maximum atomic E-state index is 15.3. The highest BCUT2D eigenvalue weighted by Gasteiger charge is 2.51. The van der Waals surface area contributed by atoms with Crippen molar-refractivity contribution in [3.8, 4) is 23.0 Å². The molecule has 10 aromatic rings. The molecule has 0 bridgehead atoms. The zero-order valence-corrected chi connectivity index (χ0v) is 54.8. The summed E-state index contributed by atoms with van der Waals surface area (Å²) in [6, 6.07) is 49.7. The molecule has 2 aliphatic rings. The van der Waals surface area contributed by atoms with Gasteiger partial charge in [0, 0.05) is 29.2 Å². The van der Waals surface area contributed by atoms with Crippen molar-refractivity contribution in [3.63, 3.8) is 0 Å². The summed E-state index contributed by atoms with van der Waals surface area (Å²) in [5.74, 6) is 0.526. The number of nitrogens with zero attached hydrogens (tertiary/aromatic N) is 6. The Morgan fingerprint density at radius 1 is 0.510 bits per heavy atom. The monoisotopic (exact) mass is 1320 g/mol. The van der Waals surface area contributed by atoms with Crippen LogP contribution in [0.3, 0.4) is 0 Å². The lowest BCUT2D eigenvalue weighted by atomic mass is 9.80. The normalized spacial score (nSPS) is 18.1. The maximum absolute atomic E-state index is 15.3. The van der Waals surface area contributed by atoms with Gasteiger partial charge in [0.1, 0.15) is 34.2 Å². The number of carbonyl (C=O) groups excluding carboxylic acids is 2. The van der Waals surface area contributed by atoms with Crippen molar-refractivity contribution >= 4 is 54.3 Å². The summed E-state index contributed by atoms with van der Waals surface area (Å²) in [5, 5.41) is 5.34. The van der Waals surface area contributed by atoms with E-state index in [4.69, 9.17) is 46.9 Å². The Morgan fingerprint density at radius 3 is 1.12 bits per heavy atom. The maximum Gasteiger partial charge on any atom is 0.698 e. The number of ether oxygens (including phenoxy) is 8. The zero-order valence-electron chi connectivity index (χ0n) is 53.9. The van der Waals surface area contributed by atoms with Gasteiger partial charge >= 0.3 is 8.25 Å². The summed E-state index contributed by atoms with van der Waals surface area (Å²) >= 11 is 0. The van der Waals surface area contributed by atoms with Crippen LogP contribution >= 0.6 is 8.25 Å². The summed E-state index contributed by atoms with van der Waals surface area (Å²) < 4.78 is 82.4. The van der Waals surface area contributed by atoms with Gasteiger partial charge in [0.05, 0.1) is 66.5 Å². The molecule has 96 heavy (non-hydrogen) atoms. The molecule has 496 valence electrons. The molecule has 0 radical (unpaired) electrons. The molecule has 6 atom stereocenters. The molecule has 6 heterocycles. The topological polar surface area (TPSA) is 295 Å². The number of nitrogens with one attached hydrogen (secondary N) is 4. The van der Waals surface area contributed by atoms with E-state index in [1.54, 1.807) is 56.1 Å². The van der Waals surface area contributed by atoms with Gasteiger partial charge in [0.2, 0.25) is 23.7 Å². The molecule has 0 spiro atoms. The van der Waals surface area contributed by atoms with Crippen LogP contribution in [-0.2, 0) is 53.4 Å². The largest absolute Gasteiger partial charge is 0.698 e. The average Bonchev–Trinajstić information content (AvgIpc) is 1.08. The Balaban J connectivity index is 0.912. The summed E-state index contributed by atoms with van der Waals surface area (Å²) in [7, 11) is 3.18. The molecule has 4 N–H and O–H groups in total. The minimum Gasteiger partial charge on any atom is -0.497 e. The second-order valence-electron chi connectivity index (χ2n) is 23.7. The first kappa shape index (κ1) is 66.1. The van der Waals surface area contributed by atoms with Crippen LogP contribution in [0, 0.1) is 11.8 Å². The number of benzene rings is 6. The van der Waals surface area contributed by atoms with Crippen LogP contribution in [0.5, 0.6) is 23.0 Å². The predicted octanol–water partition coefficient (Wildman–Crippen LogP) is 10.5. The number of aromatic amines is 2. The van der Waals surface area contributed by atoms with Crippen molar-refractivity contribution in [3.05, 3.63) is 224 Å². The molecule has 26 heteroatoms. The lowest BCUT2D eigenvalue weighted by molar-refractivity contribution is -0.119. The molecule has 2 aliphatic heterocycles. The van der Waals surface area contributed by atoms with Gasteiger partial charge in [-0.25, -0.2) is 9.97 Å². The van der Waals surface area contributed by atoms with E-state index in [-0.39, 0.29) is 60.3 Å². The van der Waals surface area contributed by atoms with E-state index in [2.05, 4.69) is 40.5 Å². The molecule has 6 aromatic carbocycles. The third kappa shape index (κ3) is 13.4. The number of anilines is 2. The number of carbonyl (C=O) groups is 2. The van der Waals surface area contributed by atoms with E-state index in [1.165, 1.54) is 21.8 Å². The first-order valence-corrected chi connectivity index (χ1v) is 32.3. The number of hydrogen-bond acceptors (Lipinski definition) is 19. The molecular weight excluding hydrogens is 1250 g/mol. The van der Waals surface area contributed by atoms with Crippen molar-refractivity contribution < 1.29 is 61.1 Å². The number of aromatic nitrogens is 8. The van der Waals surface area contributed by atoms with Crippen LogP contribution in [0.4, 0.5) is 11.9 Å². The molecule has 2 amide bonds. The minimum absolute atomic E-state index is 0.0191. The molecule has 0 aliphatic carbocycles. The molecule has 12 rings (SSSR count). The van der Waals surface area contributed by atoms with Crippen molar-refractivity contribution in [2.75, 3.05) is 52.3 Å². The Morgan fingerprint density at radius 2 is 0.823 bits per heavy atom. The average molecular weight is 1320 g/mol. The van der Waals surface area contributed by atoms with Gasteiger partial charge in [0.15, 0.2) is 47.0 Å². The van der Waals surface area contributed by atoms with Gasteiger partial charge in [-0.15, -0.1) is 9.05 Å². The SMILES string of the molecule is COc1ccc(C(OC[C@@H]2C[C@H](O[P+](=O)O[C@H]3C[C@@H](COC(c4ccccc4)(c4ccc(OC)cc4)c4ccc(OC)cc4)O[C@H]3n3cnc4c(=O)[nH]c(NC(=O)C(C)C)nc43)[C@H](n3cnc4c(=O)[nH]c(NC(=O)C(C)C)nc43)O2)(c2ccccc2)c2ccc(OC)cc2)cc1. The van der Waals surface area contributed by atoms with Crippen LogP contribution in [0.15, 0.2) is 180 Å². The Kier molecular flexibility index (Phi) is 19.6. The second-order valence-corrected chi connectivity index (χ2v) is 24.5. The van der Waals surface area contributed by atoms with Gasteiger partial charge < -0.3 is 37.9 Å². The molecule has 2 saturated heterocycles. The van der Waals surface area contributed by atoms with Gasteiger partial charge in [-0.1, -0.05) is 137 Å². The van der Waals surface area contributed by atoms with Gasteiger partial charge in [-0.3, -0.25) is 48.9 Å². The number of fused-ring (bicyclic) bond motifs is 2. The van der Waals surface area contributed by atoms with Crippen molar-refractivity contribution in [1.82, 2.24) is 39.0 Å². The first-order chi connectivity index (χ1) is 46.5. The number of imidazole rings is 2. The summed E-state index contributed by atoms with van der Waals surface area (Å²) in [6.45, 7) is 6.59. The van der Waals surface area contributed by atoms with E-state index in [0.29, 0.717) is 23.0 Å². The van der Waals surface area contributed by atoms with Crippen LogP contribution in [0.25, 0.3) is 22.3 Å². The fraction of sp³-hybridized carbons (Fsp3) is 0.314. The van der Waals surface area contributed by atoms with Gasteiger partial charge in [-0.2, -0.15) is 9.97 Å². The smallest absolute Gasteiger partial charge is 0.497 e. The van der Waals surface area contributed by atoms with Crippen molar-refractivity contribution in [2.45, 2.75) is 88.6 Å². The molecule has 4 aromatic heterocycles. The molecule has 2 fully saturated rings. The second kappa shape index (κ2) is 28.5. The molecule has 0 unspecified atom stereocenters. The molecular formula is C70H72N10O15P+. The quantitative estimate of drug-likeness (QED) is 0.0289. The summed E-state index contributed by atoms with van der Waals surface area (Å²) in [5.41, 5.74) is 0.597. The standard InChI is InChI=1S/C70H71N10O15P/c1-41(2)61(81)75-67-73-59-57(63(83)77-67)71-39-79(59)65-55(35-53(92-65)37-90-69(43-15-11-9-12-16-43,45-19-27-49(86-5)28-20-45)46-21-29-50(87-6)30-22-46)94-96(85)95-56-36-54(93-66(56)80-40-72-58-60(80)74-68(78-64(58)84)76-62(82)42(3)4)38-91-70(44-17-13-10-14-18-44,47-23-31-51(88-7)32-24-47)48-25-33-52(89-8)34-26-48/h9-34,39-42,53-56,65-66H,35-38H2,1-8H3,(H3-,73,74,75,76,77,78,81,82,83,84)/p+1/t53-,54-,55-,56-,65+,66+/m0/s1. The summed E-state index contributed by atoms with van der Waals surface area (Å²) in [6.07, 6.45) is -3.63. The van der Waals surface area contributed by atoms with Gasteiger partial charge in [0.25, 0.3) is 11.1 Å². The number of methoxy groups -OCH3 is 4. The third-order valence-electron chi connectivity index (χ3n) is 17.0. The van der Waals surface area contributed by atoms with E-state index in [1.807, 2.05) is 158 Å². The Bertz CT molecular complexity index is 4110. The van der Waals surface area contributed by atoms with Gasteiger partial charge in [-0.05, 0) is 81.9 Å². The third-order valence-corrected chi connectivity index (χ3v) is 17.9. The highest BCUT2D eigenvalue weighted by Crippen LogP contribution is 2.48. The lowest BCUT2D eigenvalue weighted by Gasteiger charge is -2.37. The van der Waals surface area contributed by atoms with Crippen LogP contribution in [0.1, 0.15) is 86.4 Å². The number of hydrogen-bond donors (Lipinski definition) is 4. The van der Waals surface area contributed by atoms with E-state index >= 15 is 4.57 Å². The fourth-order valence-electron chi connectivity index (χ4n) is 12.0. The Labute approximate surface area is 552 Å². The first-order valence-electron chi connectivity index (χ1n) is 31.2. The predicted molar refractivity (Wildman–Crippen MR) is 354 cm³/mol. The Hall–Kier alpha value is -9.98.